The molecule has 164 valence electrons. The van der Waals surface area contributed by atoms with Gasteiger partial charge in [-0.3, -0.25) is 9.59 Å². The number of piperazine rings is 1. The molecule has 1 fully saturated rings. The Bertz CT molecular complexity index is 988. The summed E-state index contributed by atoms with van der Waals surface area (Å²) in [5.74, 6) is -0.211. The molecule has 1 heterocycles. The van der Waals surface area contributed by atoms with E-state index < -0.39 is 0 Å². The van der Waals surface area contributed by atoms with Crippen LogP contribution in [0.3, 0.4) is 0 Å². The number of carbonyl (C=O) groups excluding carboxylic acids is 2. The van der Waals surface area contributed by atoms with Crippen LogP contribution >= 0.6 is 0 Å². The third kappa shape index (κ3) is 4.99. The molecule has 1 saturated heterocycles. The Morgan fingerprint density at radius 1 is 0.781 bits per heavy atom. The second-order valence-corrected chi connectivity index (χ2v) is 8.01. The van der Waals surface area contributed by atoms with Crippen LogP contribution in [0.25, 0.3) is 0 Å². The van der Waals surface area contributed by atoms with E-state index in [0.29, 0.717) is 6.42 Å². The molecule has 0 spiro atoms. The zero-order valence-electron chi connectivity index (χ0n) is 18.4. The Balaban J connectivity index is 1.44. The Hall–Kier alpha value is -3.60. The molecule has 0 aliphatic carbocycles. The van der Waals surface area contributed by atoms with E-state index in [0.717, 1.165) is 48.7 Å². The van der Waals surface area contributed by atoms with E-state index in [1.165, 1.54) is 0 Å². The number of hydrogen-bond acceptors (Lipinski definition) is 3. The van der Waals surface area contributed by atoms with E-state index in [1.807, 2.05) is 96.8 Å². The number of benzene rings is 3. The first-order chi connectivity index (χ1) is 15.7. The van der Waals surface area contributed by atoms with Crippen molar-refractivity contribution in [2.45, 2.75) is 19.3 Å². The summed E-state index contributed by atoms with van der Waals surface area (Å²) >= 11 is 0. The molecule has 5 nitrogen and oxygen atoms in total. The average Bonchev–Trinajstić information content (AvgIpc) is 2.85. The Morgan fingerprint density at radius 3 is 1.81 bits per heavy atom. The van der Waals surface area contributed by atoms with Crippen molar-refractivity contribution in [3.05, 3.63) is 96.1 Å². The maximum atomic E-state index is 13.3. The smallest absolute Gasteiger partial charge is 0.236 e. The van der Waals surface area contributed by atoms with Crippen molar-refractivity contribution in [3.63, 3.8) is 0 Å². The molecule has 0 atom stereocenters. The highest BCUT2D eigenvalue weighted by Crippen LogP contribution is 2.27. The lowest BCUT2D eigenvalue weighted by Gasteiger charge is -2.36. The molecule has 0 bridgehead atoms. The molecule has 3 aromatic carbocycles. The normalized spacial score (nSPS) is 13.8. The Morgan fingerprint density at radius 2 is 1.31 bits per heavy atom. The molecule has 0 saturated carbocycles. The number of amides is 2. The molecule has 5 heteroatoms. The molecular formula is C27H29N3O2. The highest BCUT2D eigenvalue weighted by molar-refractivity contribution is 5.98. The maximum absolute atomic E-state index is 13.3. The van der Waals surface area contributed by atoms with Gasteiger partial charge in [-0.15, -0.1) is 0 Å². The van der Waals surface area contributed by atoms with Gasteiger partial charge in [0, 0.05) is 44.0 Å². The van der Waals surface area contributed by atoms with Gasteiger partial charge in [-0.05, 0) is 35.4 Å². The molecule has 0 unspecified atom stereocenters. The summed E-state index contributed by atoms with van der Waals surface area (Å²) in [5, 5.41) is 3.09. The van der Waals surface area contributed by atoms with Crippen LogP contribution < -0.4 is 10.2 Å². The predicted octanol–water partition coefficient (Wildman–Crippen LogP) is 4.52. The zero-order chi connectivity index (χ0) is 22.3. The van der Waals surface area contributed by atoms with Crippen molar-refractivity contribution in [1.29, 1.82) is 0 Å². The third-order valence-electron chi connectivity index (χ3n) is 5.96. The van der Waals surface area contributed by atoms with Gasteiger partial charge in [-0.25, -0.2) is 0 Å². The van der Waals surface area contributed by atoms with Gasteiger partial charge in [-0.2, -0.15) is 0 Å². The molecule has 0 radical (unpaired) electrons. The summed E-state index contributed by atoms with van der Waals surface area (Å²) in [6, 6.07) is 27.7. The lowest BCUT2D eigenvalue weighted by molar-refractivity contribution is -0.131. The molecule has 2 amide bonds. The van der Waals surface area contributed by atoms with Gasteiger partial charge in [0.1, 0.15) is 0 Å². The van der Waals surface area contributed by atoms with Crippen LogP contribution in [0.1, 0.15) is 30.4 Å². The van der Waals surface area contributed by atoms with Crippen LogP contribution in [0.2, 0.25) is 0 Å². The van der Waals surface area contributed by atoms with Gasteiger partial charge in [-0.1, -0.05) is 67.6 Å². The number of carbonyl (C=O) groups is 2. The highest BCUT2D eigenvalue weighted by atomic mass is 16.2. The van der Waals surface area contributed by atoms with Gasteiger partial charge in [0.25, 0.3) is 0 Å². The third-order valence-corrected chi connectivity index (χ3v) is 5.96. The molecule has 1 N–H and O–H groups in total. The van der Waals surface area contributed by atoms with Gasteiger partial charge < -0.3 is 15.1 Å². The number of hydrogen-bond donors (Lipinski definition) is 1. The van der Waals surface area contributed by atoms with Gasteiger partial charge in [0.15, 0.2) is 0 Å². The maximum Gasteiger partial charge on any atom is 0.236 e. The summed E-state index contributed by atoms with van der Waals surface area (Å²) in [4.78, 5) is 29.4. The SMILES string of the molecule is CCC(=O)N1CCN(c2ccc(NC(=O)C(c3ccccc3)c3ccccc3)cc2)CC1. The van der Waals surface area contributed by atoms with E-state index in [2.05, 4.69) is 10.2 Å². The monoisotopic (exact) mass is 427 g/mol. The van der Waals surface area contributed by atoms with E-state index in [1.54, 1.807) is 0 Å². The first kappa shape index (κ1) is 21.6. The van der Waals surface area contributed by atoms with E-state index >= 15 is 0 Å². The predicted molar refractivity (Wildman–Crippen MR) is 129 cm³/mol. The summed E-state index contributed by atoms with van der Waals surface area (Å²) < 4.78 is 0. The van der Waals surface area contributed by atoms with Crippen molar-refractivity contribution in [2.24, 2.45) is 0 Å². The summed E-state index contributed by atoms with van der Waals surface area (Å²) in [6.07, 6.45) is 0.557. The van der Waals surface area contributed by atoms with Crippen molar-refractivity contribution >= 4 is 23.2 Å². The largest absolute Gasteiger partial charge is 0.368 e. The van der Waals surface area contributed by atoms with Crippen LogP contribution in [-0.2, 0) is 9.59 Å². The minimum absolute atomic E-state index is 0.0538. The first-order valence-corrected chi connectivity index (χ1v) is 11.2. The highest BCUT2D eigenvalue weighted by Gasteiger charge is 2.23. The lowest BCUT2D eigenvalue weighted by atomic mass is 9.90. The number of rotatable bonds is 6. The van der Waals surface area contributed by atoms with E-state index in [4.69, 9.17) is 0 Å². The minimum atomic E-state index is -0.374. The fraction of sp³-hybridized carbons (Fsp3) is 0.259. The van der Waals surface area contributed by atoms with Crippen LogP contribution in [0, 0.1) is 0 Å². The standard InChI is InChI=1S/C27H29N3O2/c1-2-25(31)30-19-17-29(18-20-30)24-15-13-23(14-16-24)28-27(32)26(21-9-5-3-6-10-21)22-11-7-4-8-12-22/h3-16,26H,2,17-20H2,1H3,(H,28,32). The minimum Gasteiger partial charge on any atom is -0.368 e. The molecule has 0 aromatic heterocycles. The van der Waals surface area contributed by atoms with E-state index in [-0.39, 0.29) is 17.7 Å². The van der Waals surface area contributed by atoms with Gasteiger partial charge in [0.05, 0.1) is 5.92 Å². The van der Waals surface area contributed by atoms with Gasteiger partial charge in [0.2, 0.25) is 11.8 Å². The quantitative estimate of drug-likeness (QED) is 0.630. The topological polar surface area (TPSA) is 52.7 Å². The molecule has 3 aromatic rings. The van der Waals surface area contributed by atoms with Gasteiger partial charge >= 0.3 is 0 Å². The van der Waals surface area contributed by atoms with Crippen molar-refractivity contribution in [2.75, 3.05) is 36.4 Å². The van der Waals surface area contributed by atoms with Crippen LogP contribution in [-0.4, -0.2) is 42.9 Å². The molecule has 4 rings (SSSR count). The van der Waals surface area contributed by atoms with Crippen LogP contribution in [0.5, 0.6) is 0 Å². The Labute approximate surface area is 189 Å². The molecule has 1 aliphatic rings. The fourth-order valence-electron chi connectivity index (χ4n) is 4.19. The molecule has 32 heavy (non-hydrogen) atoms. The fourth-order valence-corrected chi connectivity index (χ4v) is 4.19. The summed E-state index contributed by atoms with van der Waals surface area (Å²) in [5.41, 5.74) is 3.81. The van der Waals surface area contributed by atoms with Crippen LogP contribution in [0.4, 0.5) is 11.4 Å². The van der Waals surface area contributed by atoms with Crippen molar-refractivity contribution in [3.8, 4) is 0 Å². The van der Waals surface area contributed by atoms with Crippen molar-refractivity contribution in [1.82, 2.24) is 4.90 Å². The molecular weight excluding hydrogens is 398 g/mol. The lowest BCUT2D eigenvalue weighted by Crippen LogP contribution is -2.48. The number of anilines is 2. The zero-order valence-corrected chi connectivity index (χ0v) is 18.4. The van der Waals surface area contributed by atoms with E-state index in [9.17, 15) is 9.59 Å². The second kappa shape index (κ2) is 10.1. The summed E-state index contributed by atoms with van der Waals surface area (Å²) in [6.45, 7) is 5.05. The van der Waals surface area contributed by atoms with Crippen molar-refractivity contribution < 1.29 is 9.59 Å². The van der Waals surface area contributed by atoms with Crippen LogP contribution in [0.15, 0.2) is 84.9 Å². The summed E-state index contributed by atoms with van der Waals surface area (Å²) in [7, 11) is 0. The molecule has 1 aliphatic heterocycles. The number of nitrogens with zero attached hydrogens (tertiary/aromatic N) is 2. The first-order valence-electron chi connectivity index (χ1n) is 11.2. The number of nitrogens with one attached hydrogen (secondary N) is 1. The second-order valence-electron chi connectivity index (χ2n) is 8.01. The Kier molecular flexibility index (Phi) is 6.85. The average molecular weight is 428 g/mol.